The standard InChI is InChI=1S/C11H15ClFNO/c1-3-11(2,15)7-14-10-8(12)5-4-6-9(10)13/h4-6,14-15H,3,7H2,1-2H3. The van der Waals surface area contributed by atoms with E-state index in [0.717, 1.165) is 0 Å². The summed E-state index contributed by atoms with van der Waals surface area (Å²) in [7, 11) is 0. The van der Waals surface area contributed by atoms with Crippen molar-refractivity contribution in [2.24, 2.45) is 0 Å². The second-order valence-electron chi connectivity index (χ2n) is 3.80. The molecule has 0 bridgehead atoms. The number of aliphatic hydroxyl groups is 1. The van der Waals surface area contributed by atoms with Crippen molar-refractivity contribution in [2.45, 2.75) is 25.9 Å². The molecule has 0 saturated heterocycles. The van der Waals surface area contributed by atoms with Crippen LogP contribution in [0, 0.1) is 5.82 Å². The average molecular weight is 232 g/mol. The van der Waals surface area contributed by atoms with Crippen LogP contribution in [0.3, 0.4) is 0 Å². The highest BCUT2D eigenvalue weighted by molar-refractivity contribution is 6.33. The molecule has 0 fully saturated rings. The van der Waals surface area contributed by atoms with E-state index in [0.29, 0.717) is 11.4 Å². The Morgan fingerprint density at radius 1 is 1.53 bits per heavy atom. The Kier molecular flexibility index (Phi) is 3.94. The van der Waals surface area contributed by atoms with Gasteiger partial charge in [-0.15, -0.1) is 0 Å². The summed E-state index contributed by atoms with van der Waals surface area (Å²) in [6, 6.07) is 4.48. The third-order valence-electron chi connectivity index (χ3n) is 2.37. The van der Waals surface area contributed by atoms with Crippen molar-refractivity contribution in [1.29, 1.82) is 0 Å². The lowest BCUT2D eigenvalue weighted by molar-refractivity contribution is 0.0697. The molecule has 15 heavy (non-hydrogen) atoms. The predicted molar refractivity (Wildman–Crippen MR) is 60.8 cm³/mol. The molecule has 1 aromatic rings. The zero-order chi connectivity index (χ0) is 11.5. The molecule has 2 N–H and O–H groups in total. The fourth-order valence-electron chi connectivity index (χ4n) is 1.07. The fourth-order valence-corrected chi connectivity index (χ4v) is 1.30. The second-order valence-corrected chi connectivity index (χ2v) is 4.21. The van der Waals surface area contributed by atoms with Crippen molar-refractivity contribution < 1.29 is 9.50 Å². The lowest BCUT2D eigenvalue weighted by Crippen LogP contribution is -2.32. The van der Waals surface area contributed by atoms with Crippen LogP contribution in [0.5, 0.6) is 0 Å². The van der Waals surface area contributed by atoms with E-state index in [9.17, 15) is 9.50 Å². The molecule has 1 unspecified atom stereocenters. The SMILES string of the molecule is CCC(C)(O)CNc1c(F)cccc1Cl. The van der Waals surface area contributed by atoms with Gasteiger partial charge in [-0.3, -0.25) is 0 Å². The molecule has 1 aromatic carbocycles. The van der Waals surface area contributed by atoms with Gasteiger partial charge in [-0.1, -0.05) is 24.6 Å². The number of rotatable bonds is 4. The van der Waals surface area contributed by atoms with Gasteiger partial charge in [0.1, 0.15) is 5.82 Å². The van der Waals surface area contributed by atoms with Crippen molar-refractivity contribution in [1.82, 2.24) is 0 Å². The Balaban J connectivity index is 2.73. The minimum atomic E-state index is -0.856. The Morgan fingerprint density at radius 2 is 2.20 bits per heavy atom. The van der Waals surface area contributed by atoms with Gasteiger partial charge in [-0.25, -0.2) is 4.39 Å². The van der Waals surface area contributed by atoms with Crippen molar-refractivity contribution in [3.63, 3.8) is 0 Å². The van der Waals surface area contributed by atoms with E-state index in [2.05, 4.69) is 5.32 Å². The molecule has 0 aliphatic heterocycles. The van der Waals surface area contributed by atoms with Crippen molar-refractivity contribution in [3.8, 4) is 0 Å². The zero-order valence-electron chi connectivity index (χ0n) is 8.85. The normalized spacial score (nSPS) is 14.7. The molecule has 0 amide bonds. The molecule has 0 spiro atoms. The summed E-state index contributed by atoms with van der Waals surface area (Å²) >= 11 is 5.82. The predicted octanol–water partition coefficient (Wildman–Crippen LogP) is 3.05. The summed E-state index contributed by atoms with van der Waals surface area (Å²) in [6.07, 6.45) is 0.589. The second kappa shape index (κ2) is 4.81. The first-order valence-electron chi connectivity index (χ1n) is 4.86. The highest BCUT2D eigenvalue weighted by atomic mass is 35.5. The number of hydrogen-bond donors (Lipinski definition) is 2. The molecule has 1 rings (SSSR count). The molecular formula is C11H15ClFNO. The molecule has 0 heterocycles. The Labute approximate surface area is 94.1 Å². The topological polar surface area (TPSA) is 32.3 Å². The van der Waals surface area contributed by atoms with Crippen LogP contribution in [0.15, 0.2) is 18.2 Å². The quantitative estimate of drug-likeness (QED) is 0.835. The molecule has 1 atom stereocenters. The number of benzene rings is 1. The lowest BCUT2D eigenvalue weighted by Gasteiger charge is -2.22. The smallest absolute Gasteiger partial charge is 0.147 e. The zero-order valence-corrected chi connectivity index (χ0v) is 9.61. The molecule has 0 aromatic heterocycles. The number of para-hydroxylation sites is 1. The van der Waals surface area contributed by atoms with Gasteiger partial charge in [0.15, 0.2) is 0 Å². The van der Waals surface area contributed by atoms with Crippen LogP contribution in [0.2, 0.25) is 5.02 Å². The van der Waals surface area contributed by atoms with Crippen LogP contribution in [-0.2, 0) is 0 Å². The van der Waals surface area contributed by atoms with E-state index in [-0.39, 0.29) is 12.2 Å². The maximum Gasteiger partial charge on any atom is 0.147 e. The number of nitrogens with one attached hydrogen (secondary N) is 1. The summed E-state index contributed by atoms with van der Waals surface area (Å²) in [5, 5.41) is 12.9. The number of anilines is 1. The van der Waals surface area contributed by atoms with Gasteiger partial charge >= 0.3 is 0 Å². The first-order valence-corrected chi connectivity index (χ1v) is 5.24. The molecule has 0 aliphatic carbocycles. The minimum absolute atomic E-state index is 0.243. The van der Waals surface area contributed by atoms with Crippen LogP contribution in [0.25, 0.3) is 0 Å². The summed E-state index contributed by atoms with van der Waals surface area (Å²) in [6.45, 7) is 3.82. The maximum absolute atomic E-state index is 13.3. The summed E-state index contributed by atoms with van der Waals surface area (Å²) in [4.78, 5) is 0. The lowest BCUT2D eigenvalue weighted by atomic mass is 10.0. The van der Waals surface area contributed by atoms with Crippen LogP contribution < -0.4 is 5.32 Å². The van der Waals surface area contributed by atoms with Gasteiger partial charge in [-0.2, -0.15) is 0 Å². The van der Waals surface area contributed by atoms with Gasteiger partial charge in [0, 0.05) is 6.54 Å². The van der Waals surface area contributed by atoms with Gasteiger partial charge < -0.3 is 10.4 Å². The van der Waals surface area contributed by atoms with E-state index >= 15 is 0 Å². The van der Waals surface area contributed by atoms with Gasteiger partial charge in [-0.05, 0) is 25.5 Å². The largest absolute Gasteiger partial charge is 0.388 e. The van der Waals surface area contributed by atoms with Gasteiger partial charge in [0.05, 0.1) is 16.3 Å². The molecule has 2 nitrogen and oxygen atoms in total. The van der Waals surface area contributed by atoms with Crippen molar-refractivity contribution >= 4 is 17.3 Å². The molecule has 0 aliphatic rings. The third kappa shape index (κ3) is 3.36. The van der Waals surface area contributed by atoms with Gasteiger partial charge in [0.2, 0.25) is 0 Å². The molecule has 4 heteroatoms. The molecule has 0 radical (unpaired) electrons. The van der Waals surface area contributed by atoms with Crippen LogP contribution in [0.1, 0.15) is 20.3 Å². The molecular weight excluding hydrogens is 217 g/mol. The number of hydrogen-bond acceptors (Lipinski definition) is 2. The van der Waals surface area contributed by atoms with Crippen molar-refractivity contribution in [3.05, 3.63) is 29.0 Å². The Morgan fingerprint density at radius 3 is 2.73 bits per heavy atom. The van der Waals surface area contributed by atoms with E-state index in [1.165, 1.54) is 6.07 Å². The molecule has 84 valence electrons. The summed E-state index contributed by atoms with van der Waals surface area (Å²) in [5.74, 6) is -0.408. The van der Waals surface area contributed by atoms with Crippen LogP contribution >= 0.6 is 11.6 Å². The first kappa shape index (κ1) is 12.3. The molecule has 0 saturated carbocycles. The first-order chi connectivity index (χ1) is 6.96. The van der Waals surface area contributed by atoms with E-state index in [1.54, 1.807) is 19.1 Å². The van der Waals surface area contributed by atoms with E-state index in [4.69, 9.17) is 11.6 Å². The van der Waals surface area contributed by atoms with Crippen LogP contribution in [-0.4, -0.2) is 17.3 Å². The fraction of sp³-hybridized carbons (Fsp3) is 0.455. The number of halogens is 2. The highest BCUT2D eigenvalue weighted by Gasteiger charge is 2.18. The Hall–Kier alpha value is -0.800. The van der Waals surface area contributed by atoms with Crippen LogP contribution in [0.4, 0.5) is 10.1 Å². The minimum Gasteiger partial charge on any atom is -0.388 e. The van der Waals surface area contributed by atoms with E-state index in [1.807, 2.05) is 6.92 Å². The highest BCUT2D eigenvalue weighted by Crippen LogP contribution is 2.25. The maximum atomic E-state index is 13.3. The Bertz CT molecular complexity index is 321. The van der Waals surface area contributed by atoms with Gasteiger partial charge in [0.25, 0.3) is 0 Å². The third-order valence-corrected chi connectivity index (χ3v) is 2.69. The van der Waals surface area contributed by atoms with Crippen molar-refractivity contribution in [2.75, 3.05) is 11.9 Å². The monoisotopic (exact) mass is 231 g/mol. The summed E-state index contributed by atoms with van der Waals surface area (Å²) in [5.41, 5.74) is -0.612. The average Bonchev–Trinajstić information content (AvgIpc) is 2.17. The summed E-state index contributed by atoms with van der Waals surface area (Å²) < 4.78 is 13.3. The van der Waals surface area contributed by atoms with E-state index < -0.39 is 11.4 Å².